The lowest BCUT2D eigenvalue weighted by Gasteiger charge is -2.22. The molecule has 0 saturated heterocycles. The van der Waals surface area contributed by atoms with Crippen molar-refractivity contribution in [3.63, 3.8) is 0 Å². The molecule has 39 heavy (non-hydrogen) atoms. The fraction of sp³-hybridized carbons (Fsp3) is 0.0526. The molecule has 1 aliphatic heterocycles. The monoisotopic (exact) mass is 496 g/mol. The second-order valence-electron chi connectivity index (χ2n) is 10.8. The van der Waals surface area contributed by atoms with E-state index < -0.39 is 0 Å². The SMILES string of the molecule is C1=CC2c3ccc(-c4ccc5c(c4)-c4cccc6cccc(c46)O5)c4cccc(c34)C2C=C1c1ccccc1. The van der Waals surface area contributed by atoms with Crippen LogP contribution in [0.15, 0.2) is 133 Å². The molecular formula is C38H24O. The summed E-state index contributed by atoms with van der Waals surface area (Å²) in [6, 6.07) is 41.8. The summed E-state index contributed by atoms with van der Waals surface area (Å²) < 4.78 is 6.37. The molecule has 9 rings (SSSR count). The normalized spacial score (nSPS) is 18.0. The maximum Gasteiger partial charge on any atom is 0.135 e. The molecule has 6 aromatic rings. The molecule has 1 nitrogen and oxygen atoms in total. The van der Waals surface area contributed by atoms with Gasteiger partial charge in [-0.15, -0.1) is 0 Å². The highest BCUT2D eigenvalue weighted by Crippen LogP contribution is 2.53. The van der Waals surface area contributed by atoms with Crippen molar-refractivity contribution in [2.24, 2.45) is 0 Å². The molecule has 0 saturated carbocycles. The van der Waals surface area contributed by atoms with E-state index in [1.807, 2.05) is 0 Å². The Morgan fingerprint density at radius 3 is 2.28 bits per heavy atom. The fourth-order valence-electron chi connectivity index (χ4n) is 7.08. The molecule has 0 bridgehead atoms. The molecule has 1 heteroatoms. The maximum atomic E-state index is 6.37. The van der Waals surface area contributed by atoms with Gasteiger partial charge in [0.2, 0.25) is 0 Å². The Balaban J connectivity index is 1.21. The number of hydrogen-bond donors (Lipinski definition) is 0. The minimum Gasteiger partial charge on any atom is -0.456 e. The highest BCUT2D eigenvalue weighted by atomic mass is 16.5. The summed E-state index contributed by atoms with van der Waals surface area (Å²) in [5, 5.41) is 5.16. The predicted octanol–water partition coefficient (Wildman–Crippen LogP) is 10.3. The van der Waals surface area contributed by atoms with Crippen LogP contribution in [-0.2, 0) is 0 Å². The summed E-state index contributed by atoms with van der Waals surface area (Å²) >= 11 is 0. The van der Waals surface area contributed by atoms with Gasteiger partial charge in [-0.05, 0) is 73.3 Å². The number of fused-ring (bicyclic) bond motifs is 5. The summed E-state index contributed by atoms with van der Waals surface area (Å²) in [7, 11) is 0. The van der Waals surface area contributed by atoms with Crippen molar-refractivity contribution in [3.05, 3.63) is 150 Å². The molecule has 2 atom stereocenters. The molecule has 0 fully saturated rings. The van der Waals surface area contributed by atoms with Crippen molar-refractivity contribution in [2.45, 2.75) is 11.8 Å². The molecule has 182 valence electrons. The maximum absolute atomic E-state index is 6.37. The van der Waals surface area contributed by atoms with Crippen molar-refractivity contribution in [1.29, 1.82) is 0 Å². The third-order valence-corrected chi connectivity index (χ3v) is 8.83. The van der Waals surface area contributed by atoms with E-state index in [-0.39, 0.29) is 0 Å². The zero-order valence-corrected chi connectivity index (χ0v) is 21.3. The number of hydrogen-bond acceptors (Lipinski definition) is 1. The Kier molecular flexibility index (Phi) is 4.23. The van der Waals surface area contributed by atoms with Crippen LogP contribution in [-0.4, -0.2) is 0 Å². The van der Waals surface area contributed by atoms with E-state index in [0.29, 0.717) is 11.8 Å². The van der Waals surface area contributed by atoms with Crippen LogP contribution in [0.5, 0.6) is 11.5 Å². The zero-order chi connectivity index (χ0) is 25.5. The van der Waals surface area contributed by atoms with Crippen LogP contribution in [0.2, 0.25) is 0 Å². The quantitative estimate of drug-likeness (QED) is 0.231. The highest BCUT2D eigenvalue weighted by Gasteiger charge is 2.34. The molecule has 0 N–H and O–H groups in total. The lowest BCUT2D eigenvalue weighted by atomic mass is 9.82. The summed E-state index contributed by atoms with van der Waals surface area (Å²) in [6.45, 7) is 0. The third-order valence-electron chi connectivity index (χ3n) is 8.83. The predicted molar refractivity (Wildman–Crippen MR) is 161 cm³/mol. The summed E-state index contributed by atoms with van der Waals surface area (Å²) in [4.78, 5) is 0. The van der Waals surface area contributed by atoms with E-state index in [2.05, 4.69) is 133 Å². The standard InChI is InChI=1S/C38H24O/c1-2-7-23(8-3-1)25-15-17-28-32-19-18-27(29-12-6-13-30(38(29)32)33(28)21-25)26-16-20-35-34(22-26)31-11-4-9-24-10-5-14-36(39-35)37(24)31/h1-22,28,33H. The van der Waals surface area contributed by atoms with Crippen LogP contribution in [0.1, 0.15) is 28.5 Å². The van der Waals surface area contributed by atoms with E-state index in [1.54, 1.807) is 0 Å². The molecule has 6 aromatic carbocycles. The summed E-state index contributed by atoms with van der Waals surface area (Å²) in [5.41, 5.74) is 10.4. The van der Waals surface area contributed by atoms with Gasteiger partial charge in [0.05, 0.1) is 0 Å². The Labute approximate surface area is 227 Å². The molecule has 2 unspecified atom stereocenters. The Morgan fingerprint density at radius 1 is 0.513 bits per heavy atom. The molecule has 0 amide bonds. The summed E-state index contributed by atoms with van der Waals surface area (Å²) in [5.74, 6) is 2.61. The summed E-state index contributed by atoms with van der Waals surface area (Å²) in [6.07, 6.45) is 7.20. The van der Waals surface area contributed by atoms with E-state index in [0.717, 1.165) is 17.1 Å². The van der Waals surface area contributed by atoms with Crippen molar-refractivity contribution in [3.8, 4) is 33.8 Å². The molecule has 3 aliphatic rings. The lowest BCUT2D eigenvalue weighted by Crippen LogP contribution is -2.04. The van der Waals surface area contributed by atoms with Gasteiger partial charge in [-0.1, -0.05) is 115 Å². The minimum absolute atomic E-state index is 0.366. The number of allylic oxidation sites excluding steroid dienone is 4. The van der Waals surface area contributed by atoms with E-state index >= 15 is 0 Å². The van der Waals surface area contributed by atoms with Gasteiger partial charge >= 0.3 is 0 Å². The second kappa shape index (κ2) is 7.82. The van der Waals surface area contributed by atoms with E-state index in [4.69, 9.17) is 4.74 Å². The molecule has 0 aromatic heterocycles. The molecule has 0 radical (unpaired) electrons. The van der Waals surface area contributed by atoms with Crippen LogP contribution in [0, 0.1) is 0 Å². The average molecular weight is 497 g/mol. The van der Waals surface area contributed by atoms with Gasteiger partial charge in [0.25, 0.3) is 0 Å². The minimum atomic E-state index is 0.366. The van der Waals surface area contributed by atoms with Crippen LogP contribution < -0.4 is 4.74 Å². The second-order valence-corrected chi connectivity index (χ2v) is 10.8. The highest BCUT2D eigenvalue weighted by molar-refractivity contribution is 6.07. The topological polar surface area (TPSA) is 9.23 Å². The van der Waals surface area contributed by atoms with Crippen molar-refractivity contribution >= 4 is 27.1 Å². The first-order valence-corrected chi connectivity index (χ1v) is 13.7. The van der Waals surface area contributed by atoms with Gasteiger partial charge in [0.15, 0.2) is 0 Å². The molecule has 2 aliphatic carbocycles. The number of benzene rings is 6. The van der Waals surface area contributed by atoms with Crippen molar-refractivity contribution in [1.82, 2.24) is 0 Å². The van der Waals surface area contributed by atoms with E-state index in [1.165, 1.54) is 60.5 Å². The first kappa shape index (κ1) is 21.1. The third kappa shape index (κ3) is 2.96. The molecular weight excluding hydrogens is 472 g/mol. The molecule has 1 heterocycles. The van der Waals surface area contributed by atoms with Crippen LogP contribution in [0.25, 0.3) is 49.4 Å². The first-order valence-electron chi connectivity index (χ1n) is 13.7. The van der Waals surface area contributed by atoms with Crippen molar-refractivity contribution in [2.75, 3.05) is 0 Å². The van der Waals surface area contributed by atoms with Crippen molar-refractivity contribution < 1.29 is 4.74 Å². The Bertz CT molecular complexity index is 2040. The number of rotatable bonds is 2. The van der Waals surface area contributed by atoms with Gasteiger partial charge in [-0.25, -0.2) is 0 Å². The van der Waals surface area contributed by atoms with Crippen LogP contribution in [0.4, 0.5) is 0 Å². The van der Waals surface area contributed by atoms with Crippen LogP contribution in [0.3, 0.4) is 0 Å². The smallest absolute Gasteiger partial charge is 0.135 e. The number of ether oxygens (including phenoxy) is 1. The average Bonchev–Trinajstić information content (AvgIpc) is 3.32. The van der Waals surface area contributed by atoms with Gasteiger partial charge in [0.1, 0.15) is 11.5 Å². The fourth-order valence-corrected chi connectivity index (χ4v) is 7.08. The first-order chi connectivity index (χ1) is 19.3. The largest absolute Gasteiger partial charge is 0.456 e. The van der Waals surface area contributed by atoms with E-state index in [9.17, 15) is 0 Å². The lowest BCUT2D eigenvalue weighted by molar-refractivity contribution is 0.487. The zero-order valence-electron chi connectivity index (χ0n) is 21.3. The van der Waals surface area contributed by atoms with Gasteiger partial charge in [0, 0.05) is 22.8 Å². The van der Waals surface area contributed by atoms with Gasteiger partial charge in [-0.3, -0.25) is 0 Å². The molecule has 0 spiro atoms. The van der Waals surface area contributed by atoms with Crippen LogP contribution >= 0.6 is 0 Å². The van der Waals surface area contributed by atoms with Gasteiger partial charge in [-0.2, -0.15) is 0 Å². The van der Waals surface area contributed by atoms with Gasteiger partial charge < -0.3 is 4.74 Å². The Hall–Kier alpha value is -4.88. The Morgan fingerprint density at radius 2 is 1.36 bits per heavy atom.